The number of hydrogen-bond acceptors (Lipinski definition) is 5. The summed E-state index contributed by atoms with van der Waals surface area (Å²) in [6.45, 7) is 0. The van der Waals surface area contributed by atoms with Gasteiger partial charge in [0.05, 0.1) is 17.0 Å². The maximum atomic E-state index is 10.6. The van der Waals surface area contributed by atoms with Crippen molar-refractivity contribution in [2.45, 2.75) is 5.41 Å². The summed E-state index contributed by atoms with van der Waals surface area (Å²) in [7, 11) is 0. The summed E-state index contributed by atoms with van der Waals surface area (Å²) < 4.78 is 2.47. The van der Waals surface area contributed by atoms with Crippen LogP contribution < -0.4 is 0 Å². The number of aromatic nitrogens is 3. The first kappa shape index (κ1) is 37.5. The Morgan fingerprint density at radius 1 is 0.375 bits per heavy atom. The van der Waals surface area contributed by atoms with Crippen molar-refractivity contribution in [2.24, 2.45) is 0 Å². The molecular formula is C59H36N4S. The van der Waals surface area contributed by atoms with E-state index in [1.807, 2.05) is 24.3 Å². The molecule has 64 heavy (non-hydrogen) atoms. The molecule has 0 bridgehead atoms. The fourth-order valence-electron chi connectivity index (χ4n) is 9.75. The fourth-order valence-corrected chi connectivity index (χ4v) is 10.8. The summed E-state index contributed by atoms with van der Waals surface area (Å²) in [5.74, 6) is 1.74. The summed E-state index contributed by atoms with van der Waals surface area (Å²) in [5, 5.41) is 13.0. The molecule has 0 amide bonds. The molecule has 0 unspecified atom stereocenters. The zero-order chi connectivity index (χ0) is 42.6. The lowest BCUT2D eigenvalue weighted by molar-refractivity contribution is 0.768. The number of fused-ring (bicyclic) bond motifs is 6. The van der Waals surface area contributed by atoms with Crippen LogP contribution in [-0.4, -0.2) is 15.0 Å². The van der Waals surface area contributed by atoms with E-state index in [1.165, 1.54) is 20.2 Å². The van der Waals surface area contributed by atoms with Crippen molar-refractivity contribution < 1.29 is 0 Å². The predicted octanol–water partition coefficient (Wildman–Crippen LogP) is 14.8. The van der Waals surface area contributed by atoms with Gasteiger partial charge in [-0.05, 0) is 105 Å². The highest BCUT2D eigenvalue weighted by Crippen LogP contribution is 2.57. The second kappa shape index (κ2) is 15.3. The topological polar surface area (TPSA) is 62.5 Å². The van der Waals surface area contributed by atoms with Gasteiger partial charge in [-0.2, -0.15) is 5.26 Å². The Kier molecular flexibility index (Phi) is 8.93. The molecule has 0 fully saturated rings. The number of nitriles is 1. The molecular weight excluding hydrogens is 797 g/mol. The molecule has 2 heterocycles. The monoisotopic (exact) mass is 832 g/mol. The molecule has 11 aromatic rings. The second-order valence-electron chi connectivity index (χ2n) is 16.2. The Morgan fingerprint density at radius 2 is 0.891 bits per heavy atom. The zero-order valence-corrected chi connectivity index (χ0v) is 35.3. The minimum absolute atomic E-state index is 0.566. The van der Waals surface area contributed by atoms with Crippen LogP contribution in [0.2, 0.25) is 0 Å². The van der Waals surface area contributed by atoms with Gasteiger partial charge < -0.3 is 0 Å². The van der Waals surface area contributed by atoms with Crippen molar-refractivity contribution in [1.29, 1.82) is 5.26 Å². The Morgan fingerprint density at radius 3 is 1.52 bits per heavy atom. The molecule has 12 rings (SSSR count). The third-order valence-electron chi connectivity index (χ3n) is 12.6. The molecule has 0 atom stereocenters. The number of hydrogen-bond donors (Lipinski definition) is 0. The van der Waals surface area contributed by atoms with Gasteiger partial charge in [0.15, 0.2) is 17.5 Å². The zero-order valence-electron chi connectivity index (χ0n) is 34.5. The quantitative estimate of drug-likeness (QED) is 0.160. The molecule has 9 aromatic carbocycles. The SMILES string of the molecule is N#Cc1cccc2c1-c1ccc(-c3nc(-c4cc(-c5ccccc5)cc(-c5ccccc5)c4)nc(-c4ccc5sc6ccccc6c5c4)n3)cc1C2(c1ccccc1)c1ccccc1. The molecule has 5 heteroatoms. The maximum Gasteiger partial charge on any atom is 0.164 e. The van der Waals surface area contributed by atoms with E-state index in [4.69, 9.17) is 15.0 Å². The first-order valence-corrected chi connectivity index (χ1v) is 22.2. The Bertz CT molecular complexity index is 3520. The molecule has 4 nitrogen and oxygen atoms in total. The molecule has 0 spiro atoms. The van der Waals surface area contributed by atoms with Crippen LogP contribution in [0, 0.1) is 11.3 Å². The highest BCUT2D eigenvalue weighted by Gasteiger charge is 2.47. The molecule has 1 aliphatic rings. The smallest absolute Gasteiger partial charge is 0.164 e. The van der Waals surface area contributed by atoms with Crippen LogP contribution in [0.1, 0.15) is 27.8 Å². The summed E-state index contributed by atoms with van der Waals surface area (Å²) in [6, 6.07) is 79.2. The molecule has 1 aliphatic carbocycles. The second-order valence-corrected chi connectivity index (χ2v) is 17.3. The van der Waals surface area contributed by atoms with E-state index in [1.54, 1.807) is 11.3 Å². The average molecular weight is 833 g/mol. The standard InChI is InChI=1S/C59H36N4S/c60-37-42-20-15-26-51-55(42)49-30-28-41(36-52(49)59(51,46-21-9-3-10-22-46)47-23-11-4-12-24-47)57-61-56(40-29-31-54-50(35-40)48-25-13-14-27-53(48)64-54)62-58(63-57)45-33-43(38-16-5-1-6-17-38)32-44(34-45)39-18-7-2-8-19-39/h1-36H. The average Bonchev–Trinajstić information content (AvgIpc) is 3.90. The van der Waals surface area contributed by atoms with E-state index in [9.17, 15) is 5.26 Å². The van der Waals surface area contributed by atoms with Crippen molar-refractivity contribution in [3.8, 4) is 73.6 Å². The van der Waals surface area contributed by atoms with Crippen molar-refractivity contribution in [3.05, 3.63) is 246 Å². The van der Waals surface area contributed by atoms with E-state index in [0.717, 1.165) is 72.3 Å². The molecule has 0 saturated heterocycles. The van der Waals surface area contributed by atoms with E-state index in [-0.39, 0.29) is 0 Å². The molecule has 0 aliphatic heterocycles. The van der Waals surface area contributed by atoms with Gasteiger partial charge in [0.25, 0.3) is 0 Å². The number of thiophene rings is 1. The Hall–Kier alpha value is -8.30. The van der Waals surface area contributed by atoms with Crippen LogP contribution >= 0.6 is 11.3 Å². The van der Waals surface area contributed by atoms with Crippen LogP contribution in [0.15, 0.2) is 218 Å². The first-order valence-electron chi connectivity index (χ1n) is 21.4. The van der Waals surface area contributed by atoms with Gasteiger partial charge in [-0.1, -0.05) is 164 Å². The van der Waals surface area contributed by atoms with E-state index in [0.29, 0.717) is 23.0 Å². The van der Waals surface area contributed by atoms with E-state index in [2.05, 4.69) is 200 Å². The number of rotatable bonds is 7. The Balaban J connectivity index is 1.13. The minimum Gasteiger partial charge on any atom is -0.208 e. The lowest BCUT2D eigenvalue weighted by atomic mass is 9.67. The molecule has 0 radical (unpaired) electrons. The highest BCUT2D eigenvalue weighted by atomic mass is 32.1. The largest absolute Gasteiger partial charge is 0.208 e. The van der Waals surface area contributed by atoms with Crippen LogP contribution in [-0.2, 0) is 5.41 Å². The third-order valence-corrected chi connectivity index (χ3v) is 13.8. The Labute approximate surface area is 375 Å². The molecule has 298 valence electrons. The van der Waals surface area contributed by atoms with Crippen LogP contribution in [0.25, 0.3) is 87.7 Å². The predicted molar refractivity (Wildman–Crippen MR) is 262 cm³/mol. The van der Waals surface area contributed by atoms with Gasteiger partial charge in [0.2, 0.25) is 0 Å². The lowest BCUT2D eigenvalue weighted by Gasteiger charge is -2.34. The van der Waals surface area contributed by atoms with Gasteiger partial charge in [-0.25, -0.2) is 15.0 Å². The van der Waals surface area contributed by atoms with E-state index >= 15 is 0 Å². The maximum absolute atomic E-state index is 10.6. The van der Waals surface area contributed by atoms with Crippen LogP contribution in [0.4, 0.5) is 0 Å². The summed E-state index contributed by atoms with van der Waals surface area (Å²) in [6.07, 6.45) is 0. The van der Waals surface area contributed by atoms with Crippen molar-refractivity contribution in [2.75, 3.05) is 0 Å². The molecule has 0 N–H and O–H groups in total. The normalized spacial score (nSPS) is 12.5. The van der Waals surface area contributed by atoms with Crippen LogP contribution in [0.3, 0.4) is 0 Å². The van der Waals surface area contributed by atoms with Crippen molar-refractivity contribution in [3.63, 3.8) is 0 Å². The van der Waals surface area contributed by atoms with Gasteiger partial charge in [-0.15, -0.1) is 11.3 Å². The first-order chi connectivity index (χ1) is 31.7. The highest BCUT2D eigenvalue weighted by molar-refractivity contribution is 7.25. The van der Waals surface area contributed by atoms with Gasteiger partial charge in [0.1, 0.15) is 0 Å². The van der Waals surface area contributed by atoms with Gasteiger partial charge in [-0.3, -0.25) is 0 Å². The third kappa shape index (κ3) is 6.07. The van der Waals surface area contributed by atoms with Crippen LogP contribution in [0.5, 0.6) is 0 Å². The number of nitrogens with zero attached hydrogens (tertiary/aromatic N) is 4. The van der Waals surface area contributed by atoms with Gasteiger partial charge >= 0.3 is 0 Å². The number of benzene rings is 9. The minimum atomic E-state index is -0.714. The molecule has 0 saturated carbocycles. The molecule has 2 aromatic heterocycles. The van der Waals surface area contributed by atoms with E-state index < -0.39 is 5.41 Å². The van der Waals surface area contributed by atoms with Gasteiger partial charge in [0, 0.05) is 42.4 Å². The van der Waals surface area contributed by atoms with Crippen molar-refractivity contribution >= 4 is 31.5 Å². The summed E-state index contributed by atoms with van der Waals surface area (Å²) in [5.41, 5.74) is 13.3. The van der Waals surface area contributed by atoms with Crippen molar-refractivity contribution in [1.82, 2.24) is 15.0 Å². The summed E-state index contributed by atoms with van der Waals surface area (Å²) in [4.78, 5) is 16.1. The summed E-state index contributed by atoms with van der Waals surface area (Å²) >= 11 is 1.80. The lowest BCUT2D eigenvalue weighted by Crippen LogP contribution is -2.28. The fraction of sp³-hybridized carbons (Fsp3) is 0.0169.